The molecule has 2 aliphatic rings. The fraction of sp³-hybridized carbons (Fsp3) is 0.556. The van der Waals surface area contributed by atoms with E-state index in [1.54, 1.807) is 25.2 Å². The van der Waals surface area contributed by atoms with E-state index in [-0.39, 0.29) is 30.2 Å². The van der Waals surface area contributed by atoms with E-state index < -0.39 is 11.9 Å². The number of hydrogen-bond donors (Lipinski definition) is 1. The Morgan fingerprint density at radius 1 is 1.40 bits per heavy atom. The van der Waals surface area contributed by atoms with Gasteiger partial charge in [-0.25, -0.2) is 4.39 Å². The summed E-state index contributed by atoms with van der Waals surface area (Å²) in [7, 11) is 1.63. The van der Waals surface area contributed by atoms with E-state index in [0.29, 0.717) is 19.5 Å². The second kappa shape index (κ2) is 7.93. The number of nitrogens with one attached hydrogen (secondary N) is 1. The third-order valence-electron chi connectivity index (χ3n) is 4.85. The summed E-state index contributed by atoms with van der Waals surface area (Å²) in [6, 6.07) is 5.66. The highest BCUT2D eigenvalue weighted by atomic mass is 19.1. The van der Waals surface area contributed by atoms with Crippen molar-refractivity contribution in [2.45, 2.75) is 31.4 Å². The first-order chi connectivity index (χ1) is 12.1. The second-order valence-electron chi connectivity index (χ2n) is 6.52. The van der Waals surface area contributed by atoms with E-state index in [9.17, 15) is 14.0 Å². The van der Waals surface area contributed by atoms with Crippen LogP contribution in [-0.2, 0) is 14.3 Å². The molecule has 25 heavy (non-hydrogen) atoms. The van der Waals surface area contributed by atoms with Crippen LogP contribution in [0.1, 0.15) is 19.3 Å². The molecule has 2 atom stereocenters. The Kier molecular flexibility index (Phi) is 5.65. The lowest BCUT2D eigenvalue weighted by Crippen LogP contribution is -2.46. The molecule has 0 spiro atoms. The number of halogens is 1. The normalized spacial score (nSPS) is 23.3. The van der Waals surface area contributed by atoms with Crippen molar-refractivity contribution in [3.05, 3.63) is 30.1 Å². The zero-order valence-corrected chi connectivity index (χ0v) is 14.4. The molecule has 0 aliphatic carbocycles. The predicted octanol–water partition coefficient (Wildman–Crippen LogP) is 1.16. The van der Waals surface area contributed by atoms with Gasteiger partial charge in [-0.2, -0.15) is 0 Å². The van der Waals surface area contributed by atoms with E-state index >= 15 is 0 Å². The van der Waals surface area contributed by atoms with Gasteiger partial charge >= 0.3 is 0 Å². The van der Waals surface area contributed by atoms with Gasteiger partial charge in [0, 0.05) is 26.7 Å². The number of rotatable bonds is 6. The summed E-state index contributed by atoms with van der Waals surface area (Å²) in [4.78, 5) is 27.8. The molecular formula is C18H24FN3O3. The molecule has 136 valence electrons. The lowest BCUT2D eigenvalue weighted by Gasteiger charge is -2.24. The summed E-state index contributed by atoms with van der Waals surface area (Å²) >= 11 is 0. The van der Waals surface area contributed by atoms with Crippen LogP contribution in [0.2, 0.25) is 0 Å². The largest absolute Gasteiger partial charge is 0.377 e. The zero-order valence-electron chi connectivity index (χ0n) is 14.4. The van der Waals surface area contributed by atoms with Crippen molar-refractivity contribution < 1.29 is 18.7 Å². The van der Waals surface area contributed by atoms with Crippen molar-refractivity contribution >= 4 is 17.5 Å². The summed E-state index contributed by atoms with van der Waals surface area (Å²) in [5, 5.41) is 3.10. The Labute approximate surface area is 146 Å². The summed E-state index contributed by atoms with van der Waals surface area (Å²) in [5.41, 5.74) is 0.271. The standard InChI is InChI=1S/C18H24FN3O3/c1-21(17(23)12-20-11-13-5-4-10-25-13)16-8-9-22(18(16)24)15-7-3-2-6-14(15)19/h2-3,6-7,13,16,20H,4-5,8-12H2,1H3/t13-,16+/m1/s1. The lowest BCUT2D eigenvalue weighted by atomic mass is 10.2. The number of amides is 2. The van der Waals surface area contributed by atoms with Gasteiger partial charge in [-0.15, -0.1) is 0 Å². The molecule has 2 aliphatic heterocycles. The first-order valence-electron chi connectivity index (χ1n) is 8.72. The van der Waals surface area contributed by atoms with Gasteiger partial charge < -0.3 is 19.9 Å². The fourth-order valence-electron chi connectivity index (χ4n) is 3.38. The van der Waals surface area contributed by atoms with E-state index in [1.807, 2.05) is 0 Å². The predicted molar refractivity (Wildman–Crippen MR) is 91.8 cm³/mol. The highest BCUT2D eigenvalue weighted by molar-refractivity contribution is 6.01. The molecule has 0 saturated carbocycles. The van der Waals surface area contributed by atoms with E-state index in [1.165, 1.54) is 15.9 Å². The first kappa shape index (κ1) is 17.8. The third-order valence-corrected chi connectivity index (χ3v) is 4.85. The molecule has 0 bridgehead atoms. The number of para-hydroxylation sites is 1. The molecule has 0 unspecified atom stereocenters. The van der Waals surface area contributed by atoms with Crippen LogP contribution in [0.25, 0.3) is 0 Å². The molecule has 0 radical (unpaired) electrons. The van der Waals surface area contributed by atoms with Gasteiger partial charge in [-0.3, -0.25) is 9.59 Å². The molecule has 2 amide bonds. The average Bonchev–Trinajstić information content (AvgIpc) is 3.24. The monoisotopic (exact) mass is 349 g/mol. The molecule has 2 fully saturated rings. The average molecular weight is 349 g/mol. The Morgan fingerprint density at radius 3 is 2.92 bits per heavy atom. The molecule has 2 heterocycles. The molecule has 3 rings (SSSR count). The first-order valence-corrected chi connectivity index (χ1v) is 8.72. The molecular weight excluding hydrogens is 325 g/mol. The second-order valence-corrected chi connectivity index (χ2v) is 6.52. The van der Waals surface area contributed by atoms with Gasteiger partial charge in [-0.1, -0.05) is 12.1 Å². The van der Waals surface area contributed by atoms with Crippen LogP contribution in [-0.4, -0.2) is 62.1 Å². The minimum absolute atomic E-state index is 0.147. The van der Waals surface area contributed by atoms with E-state index in [0.717, 1.165) is 19.4 Å². The summed E-state index contributed by atoms with van der Waals surface area (Å²) in [6.07, 6.45) is 2.74. The van der Waals surface area contributed by atoms with Gasteiger partial charge in [0.15, 0.2) is 0 Å². The Hall–Kier alpha value is -1.99. The van der Waals surface area contributed by atoms with Crippen molar-refractivity contribution in [3.8, 4) is 0 Å². The lowest BCUT2D eigenvalue weighted by molar-refractivity contribution is -0.136. The molecule has 1 aromatic rings. The van der Waals surface area contributed by atoms with Crippen LogP contribution in [0.4, 0.5) is 10.1 Å². The smallest absolute Gasteiger partial charge is 0.249 e. The number of anilines is 1. The SMILES string of the molecule is CN(C(=O)CNC[C@H]1CCCO1)[C@H]1CCN(c2ccccc2F)C1=O. The van der Waals surface area contributed by atoms with Crippen molar-refractivity contribution in [2.75, 3.05) is 38.2 Å². The Morgan fingerprint density at radius 2 is 2.20 bits per heavy atom. The molecule has 1 N–H and O–H groups in total. The van der Waals surface area contributed by atoms with Crippen LogP contribution in [0, 0.1) is 5.82 Å². The van der Waals surface area contributed by atoms with Crippen molar-refractivity contribution in [2.24, 2.45) is 0 Å². The van der Waals surface area contributed by atoms with E-state index in [4.69, 9.17) is 4.74 Å². The summed E-state index contributed by atoms with van der Waals surface area (Å²) in [5.74, 6) is -0.810. The number of hydrogen-bond acceptors (Lipinski definition) is 4. The van der Waals surface area contributed by atoms with Crippen molar-refractivity contribution in [1.82, 2.24) is 10.2 Å². The third kappa shape index (κ3) is 3.99. The maximum Gasteiger partial charge on any atom is 0.249 e. The van der Waals surface area contributed by atoms with Crippen LogP contribution in [0.5, 0.6) is 0 Å². The van der Waals surface area contributed by atoms with Crippen LogP contribution >= 0.6 is 0 Å². The van der Waals surface area contributed by atoms with E-state index in [2.05, 4.69) is 5.32 Å². The minimum atomic E-state index is -0.545. The van der Waals surface area contributed by atoms with Gasteiger partial charge in [0.05, 0.1) is 18.3 Å². The number of carbonyl (C=O) groups is 2. The van der Waals surface area contributed by atoms with Crippen molar-refractivity contribution in [1.29, 1.82) is 0 Å². The maximum atomic E-state index is 13.9. The van der Waals surface area contributed by atoms with Crippen LogP contribution < -0.4 is 10.2 Å². The van der Waals surface area contributed by atoms with Crippen LogP contribution in [0.3, 0.4) is 0 Å². The molecule has 6 nitrogen and oxygen atoms in total. The molecule has 7 heteroatoms. The molecule has 2 saturated heterocycles. The highest BCUT2D eigenvalue weighted by Gasteiger charge is 2.37. The molecule has 1 aromatic carbocycles. The Balaban J connectivity index is 1.53. The van der Waals surface area contributed by atoms with Gasteiger partial charge in [0.1, 0.15) is 11.9 Å². The quantitative estimate of drug-likeness (QED) is 0.837. The maximum absolute atomic E-state index is 13.9. The Bertz CT molecular complexity index is 634. The van der Waals surface area contributed by atoms with Gasteiger partial charge in [0.25, 0.3) is 0 Å². The summed E-state index contributed by atoms with van der Waals surface area (Å²) in [6.45, 7) is 1.99. The topological polar surface area (TPSA) is 61.9 Å². The minimum Gasteiger partial charge on any atom is -0.377 e. The fourth-order valence-corrected chi connectivity index (χ4v) is 3.38. The van der Waals surface area contributed by atoms with Crippen molar-refractivity contribution in [3.63, 3.8) is 0 Å². The highest BCUT2D eigenvalue weighted by Crippen LogP contribution is 2.26. The number of nitrogens with zero attached hydrogens (tertiary/aromatic N) is 2. The number of carbonyl (C=O) groups excluding carboxylic acids is 2. The zero-order chi connectivity index (χ0) is 17.8. The number of likely N-dealkylation sites (N-methyl/N-ethyl adjacent to an activating group) is 1. The number of benzene rings is 1. The number of ether oxygens (including phenoxy) is 1. The summed E-state index contributed by atoms with van der Waals surface area (Å²) < 4.78 is 19.4. The van der Waals surface area contributed by atoms with Gasteiger partial charge in [-0.05, 0) is 31.4 Å². The van der Waals surface area contributed by atoms with Gasteiger partial charge in [0.2, 0.25) is 11.8 Å². The molecule has 0 aromatic heterocycles. The van der Waals surface area contributed by atoms with Crippen LogP contribution in [0.15, 0.2) is 24.3 Å².